The zero-order chi connectivity index (χ0) is 24.6. The summed E-state index contributed by atoms with van der Waals surface area (Å²) in [5.74, 6) is 2.66. The van der Waals surface area contributed by atoms with Crippen LogP contribution in [0, 0.1) is 17.6 Å². The van der Waals surface area contributed by atoms with Crippen LogP contribution in [0.4, 0.5) is 0 Å². The Morgan fingerprint density at radius 2 is 1.97 bits per heavy atom. The molecule has 1 aliphatic rings. The second-order valence-electron chi connectivity index (χ2n) is 9.66. The minimum atomic E-state index is 0.0171. The number of hydrogen-bond donors (Lipinski definition) is 1. The fourth-order valence-electron chi connectivity index (χ4n) is 5.30. The predicted molar refractivity (Wildman–Crippen MR) is 146 cm³/mol. The van der Waals surface area contributed by atoms with E-state index in [1.807, 2.05) is 31.2 Å². The van der Waals surface area contributed by atoms with E-state index in [9.17, 15) is 4.79 Å². The summed E-state index contributed by atoms with van der Waals surface area (Å²) < 4.78 is 10.2. The molecule has 1 aliphatic heterocycles. The maximum atomic E-state index is 13.0. The lowest BCUT2D eigenvalue weighted by molar-refractivity contribution is 0.176. The number of imidazole rings is 1. The van der Waals surface area contributed by atoms with Gasteiger partial charge in [-0.3, -0.25) is 9.36 Å². The quantitative estimate of drug-likeness (QED) is 0.293. The number of nitrogens with zero attached hydrogens (tertiary/aromatic N) is 4. The first-order valence-corrected chi connectivity index (χ1v) is 13.7. The monoisotopic (exact) mass is 519 g/mol. The van der Waals surface area contributed by atoms with Gasteiger partial charge in [-0.15, -0.1) is 11.3 Å². The number of benzene rings is 1. The summed E-state index contributed by atoms with van der Waals surface area (Å²) in [5.41, 5.74) is 2.21. The van der Waals surface area contributed by atoms with Gasteiger partial charge in [0.1, 0.15) is 16.4 Å². The van der Waals surface area contributed by atoms with Gasteiger partial charge >= 0.3 is 0 Å². The van der Waals surface area contributed by atoms with E-state index in [0.29, 0.717) is 23.8 Å². The molecule has 0 saturated carbocycles. The zero-order valence-corrected chi connectivity index (χ0v) is 21.9. The average Bonchev–Trinajstić information content (AvgIpc) is 3.60. The number of furan rings is 1. The van der Waals surface area contributed by atoms with Gasteiger partial charge in [0.2, 0.25) is 0 Å². The van der Waals surface area contributed by atoms with Crippen molar-refractivity contribution in [3.8, 4) is 0 Å². The van der Waals surface area contributed by atoms with E-state index in [0.717, 1.165) is 76.6 Å². The zero-order valence-electron chi connectivity index (χ0n) is 20.3. The molecule has 5 heterocycles. The number of H-pyrrole nitrogens is 1. The lowest BCUT2D eigenvalue weighted by Crippen LogP contribution is -2.38. The van der Waals surface area contributed by atoms with Crippen molar-refractivity contribution in [3.05, 3.63) is 80.3 Å². The summed E-state index contributed by atoms with van der Waals surface area (Å²) in [4.78, 5) is 25.6. The molecule has 0 spiro atoms. The Morgan fingerprint density at radius 3 is 2.78 bits per heavy atom. The van der Waals surface area contributed by atoms with Gasteiger partial charge in [0, 0.05) is 24.4 Å². The molecule has 1 saturated heterocycles. The van der Waals surface area contributed by atoms with Crippen LogP contribution in [0.3, 0.4) is 0 Å². The largest absolute Gasteiger partial charge is 0.467 e. The summed E-state index contributed by atoms with van der Waals surface area (Å²) in [6.45, 7) is 6.20. The minimum Gasteiger partial charge on any atom is -0.467 e. The Balaban J connectivity index is 1.11. The first-order chi connectivity index (χ1) is 17.5. The van der Waals surface area contributed by atoms with Crippen molar-refractivity contribution in [1.29, 1.82) is 0 Å². The number of aromatic amines is 1. The van der Waals surface area contributed by atoms with Crippen molar-refractivity contribution in [2.24, 2.45) is 5.92 Å². The average molecular weight is 520 g/mol. The molecule has 0 atom stereocenters. The van der Waals surface area contributed by atoms with Gasteiger partial charge in [-0.2, -0.15) is 0 Å². The van der Waals surface area contributed by atoms with Gasteiger partial charge < -0.3 is 18.9 Å². The Bertz CT molecular complexity index is 1620. The fourth-order valence-corrected chi connectivity index (χ4v) is 6.54. The molecule has 0 amide bonds. The number of thiophene rings is 1. The molecule has 5 aromatic rings. The molecule has 7 nitrogen and oxygen atoms in total. The highest BCUT2D eigenvalue weighted by Crippen LogP contribution is 2.25. The highest BCUT2D eigenvalue weighted by molar-refractivity contribution is 7.71. The van der Waals surface area contributed by atoms with E-state index in [4.69, 9.17) is 21.6 Å². The van der Waals surface area contributed by atoms with Crippen molar-refractivity contribution in [1.82, 2.24) is 24.0 Å². The summed E-state index contributed by atoms with van der Waals surface area (Å²) in [6, 6.07) is 14.2. The molecule has 1 aromatic carbocycles. The van der Waals surface area contributed by atoms with E-state index in [-0.39, 0.29) is 5.56 Å². The first kappa shape index (κ1) is 23.4. The second kappa shape index (κ2) is 9.80. The van der Waals surface area contributed by atoms with Gasteiger partial charge in [-0.05, 0) is 81.3 Å². The first-order valence-electron chi connectivity index (χ1n) is 12.5. The third kappa shape index (κ3) is 4.58. The standard InChI is InChI=1S/C27H29N5O2S2/c1-18-15-21-25(36-18)29-27(35)31(26(21)33)13-12-30-10-8-19(9-11-30)16-24-28-22-6-2-3-7-23(22)32(24)17-20-5-4-14-34-20/h2-7,14-15,19H,8-13,16-17H2,1H3,(H,29,35). The Morgan fingerprint density at radius 1 is 1.14 bits per heavy atom. The van der Waals surface area contributed by atoms with Crippen LogP contribution in [0.25, 0.3) is 21.3 Å². The van der Waals surface area contributed by atoms with E-state index in [1.54, 1.807) is 22.2 Å². The topological polar surface area (TPSA) is 72.0 Å². The number of nitrogens with one attached hydrogen (secondary N) is 1. The van der Waals surface area contributed by atoms with Crippen LogP contribution >= 0.6 is 23.6 Å². The third-order valence-electron chi connectivity index (χ3n) is 7.24. The number of rotatable bonds is 7. The number of likely N-dealkylation sites (tertiary alicyclic amines) is 1. The smallest absolute Gasteiger partial charge is 0.263 e. The third-order valence-corrected chi connectivity index (χ3v) is 8.53. The van der Waals surface area contributed by atoms with Crippen LogP contribution in [0.1, 0.15) is 29.3 Å². The lowest BCUT2D eigenvalue weighted by Gasteiger charge is -2.32. The van der Waals surface area contributed by atoms with Gasteiger partial charge in [0.15, 0.2) is 4.77 Å². The van der Waals surface area contributed by atoms with Crippen molar-refractivity contribution in [3.63, 3.8) is 0 Å². The molecule has 4 aromatic heterocycles. The number of fused-ring (bicyclic) bond motifs is 2. The van der Waals surface area contributed by atoms with Crippen LogP contribution in [0.2, 0.25) is 0 Å². The minimum absolute atomic E-state index is 0.0171. The summed E-state index contributed by atoms with van der Waals surface area (Å²) in [5, 5.41) is 0.738. The molecule has 186 valence electrons. The second-order valence-corrected chi connectivity index (χ2v) is 11.3. The van der Waals surface area contributed by atoms with Crippen molar-refractivity contribution < 1.29 is 4.42 Å². The van der Waals surface area contributed by atoms with E-state index >= 15 is 0 Å². The van der Waals surface area contributed by atoms with Crippen molar-refractivity contribution in [2.45, 2.75) is 39.3 Å². The fraction of sp³-hybridized carbons (Fsp3) is 0.370. The predicted octanol–water partition coefficient (Wildman–Crippen LogP) is 5.37. The molecule has 6 rings (SSSR count). The molecule has 0 bridgehead atoms. The Hall–Kier alpha value is -3.01. The number of hydrogen-bond acceptors (Lipinski definition) is 6. The van der Waals surface area contributed by atoms with E-state index in [1.165, 1.54) is 0 Å². The summed E-state index contributed by atoms with van der Waals surface area (Å²) >= 11 is 7.08. The van der Waals surface area contributed by atoms with Gasteiger partial charge in [0.25, 0.3) is 5.56 Å². The molecule has 1 fully saturated rings. The number of aromatic nitrogens is 4. The Labute approximate surface area is 218 Å². The molecular formula is C27H29N5O2S2. The molecule has 36 heavy (non-hydrogen) atoms. The molecule has 9 heteroatoms. The lowest BCUT2D eigenvalue weighted by atomic mass is 9.93. The highest BCUT2D eigenvalue weighted by Gasteiger charge is 2.23. The van der Waals surface area contributed by atoms with Gasteiger partial charge in [-0.1, -0.05) is 12.1 Å². The van der Waals surface area contributed by atoms with Crippen molar-refractivity contribution in [2.75, 3.05) is 19.6 Å². The van der Waals surface area contributed by atoms with Crippen LogP contribution in [0.15, 0.2) is 57.9 Å². The number of piperidine rings is 1. The van der Waals surface area contributed by atoms with Crippen LogP contribution in [-0.4, -0.2) is 43.6 Å². The maximum Gasteiger partial charge on any atom is 0.263 e. The molecular weight excluding hydrogens is 490 g/mol. The van der Waals surface area contributed by atoms with Gasteiger partial charge in [0.05, 0.1) is 29.2 Å². The Kier molecular flexibility index (Phi) is 6.37. The normalized spacial score (nSPS) is 15.4. The van der Waals surface area contributed by atoms with Crippen LogP contribution in [0.5, 0.6) is 0 Å². The van der Waals surface area contributed by atoms with Gasteiger partial charge in [-0.25, -0.2) is 4.98 Å². The number of para-hydroxylation sites is 2. The molecule has 0 radical (unpaired) electrons. The number of aryl methyl sites for hydroxylation is 1. The summed E-state index contributed by atoms with van der Waals surface area (Å²) in [6.07, 6.45) is 4.93. The van der Waals surface area contributed by atoms with Crippen molar-refractivity contribution >= 4 is 44.8 Å². The summed E-state index contributed by atoms with van der Waals surface area (Å²) in [7, 11) is 0. The highest BCUT2D eigenvalue weighted by atomic mass is 32.1. The SMILES string of the molecule is Cc1cc2c(=O)n(CCN3CCC(Cc4nc5ccccc5n4Cc4ccco4)CC3)c(=S)[nH]c2s1. The van der Waals surface area contributed by atoms with Crippen LogP contribution < -0.4 is 5.56 Å². The molecule has 0 aliphatic carbocycles. The molecule has 0 unspecified atom stereocenters. The van der Waals surface area contributed by atoms with E-state index in [2.05, 4.69) is 32.7 Å². The van der Waals surface area contributed by atoms with Crippen LogP contribution in [-0.2, 0) is 19.5 Å². The maximum absolute atomic E-state index is 13.0. The molecule has 1 N–H and O–H groups in total. The van der Waals surface area contributed by atoms with E-state index < -0.39 is 0 Å².